The lowest BCUT2D eigenvalue weighted by molar-refractivity contribution is 0.183. The third-order valence-corrected chi connectivity index (χ3v) is 3.79. The number of methoxy groups -OCH3 is 1. The smallest absolute Gasteiger partial charge is 0.161 e. The third-order valence-electron chi connectivity index (χ3n) is 2.87. The number of thioether (sulfide) groups is 1. The van der Waals surface area contributed by atoms with Gasteiger partial charge < -0.3 is 10.1 Å². The zero-order valence-electron chi connectivity index (χ0n) is 10.9. The van der Waals surface area contributed by atoms with Crippen LogP contribution < -0.4 is 5.32 Å². The zero-order chi connectivity index (χ0) is 12.8. The first kappa shape index (κ1) is 13.4. The lowest BCUT2D eigenvalue weighted by atomic mass is 10.2. The Bertz CT molecular complexity index is 405. The molecule has 2 heterocycles. The summed E-state index contributed by atoms with van der Waals surface area (Å²) in [6.45, 7) is 3.63. The molecule has 6 heteroatoms. The molecule has 1 aliphatic rings. The first-order valence-electron chi connectivity index (χ1n) is 6.31. The zero-order valence-corrected chi connectivity index (χ0v) is 11.7. The molecule has 1 aromatic heterocycles. The summed E-state index contributed by atoms with van der Waals surface area (Å²) in [7, 11) is 1.70. The molecule has 0 amide bonds. The van der Waals surface area contributed by atoms with Crippen molar-refractivity contribution in [3.63, 3.8) is 0 Å². The summed E-state index contributed by atoms with van der Waals surface area (Å²) < 4.78 is 6.90. The molecule has 1 atom stereocenters. The largest absolute Gasteiger partial charge is 0.383 e. The molecule has 1 aliphatic heterocycles. The molecule has 100 valence electrons. The molecule has 1 aromatic rings. The maximum absolute atomic E-state index is 5.02. The summed E-state index contributed by atoms with van der Waals surface area (Å²) in [6.07, 6.45) is 6.10. The Morgan fingerprint density at radius 1 is 1.61 bits per heavy atom. The van der Waals surface area contributed by atoms with Crippen molar-refractivity contribution in [2.45, 2.75) is 32.4 Å². The topological polar surface area (TPSA) is 51.4 Å². The first-order valence-corrected chi connectivity index (χ1v) is 7.29. The van der Waals surface area contributed by atoms with E-state index in [1.165, 1.54) is 6.42 Å². The molecule has 18 heavy (non-hydrogen) atoms. The Balaban J connectivity index is 1.92. The van der Waals surface area contributed by atoms with E-state index in [2.05, 4.69) is 22.3 Å². The van der Waals surface area contributed by atoms with Crippen LogP contribution in [0.25, 0.3) is 0 Å². The van der Waals surface area contributed by atoms with Gasteiger partial charge >= 0.3 is 0 Å². The Morgan fingerprint density at radius 3 is 3.28 bits per heavy atom. The van der Waals surface area contributed by atoms with Crippen LogP contribution in [0, 0.1) is 0 Å². The molecular weight excluding hydrogens is 248 g/mol. The molecule has 2 rings (SSSR count). The van der Waals surface area contributed by atoms with E-state index in [0.29, 0.717) is 12.6 Å². The number of anilines is 1. The Kier molecular flexibility index (Phi) is 5.07. The van der Waals surface area contributed by atoms with Gasteiger partial charge in [-0.15, -0.1) is 0 Å². The van der Waals surface area contributed by atoms with Gasteiger partial charge in [0.15, 0.2) is 5.17 Å². The fraction of sp³-hybridized carbons (Fsp3) is 0.667. The molecule has 0 aliphatic carbocycles. The van der Waals surface area contributed by atoms with Crippen LogP contribution in [0.15, 0.2) is 17.4 Å². The van der Waals surface area contributed by atoms with Gasteiger partial charge in [0.25, 0.3) is 0 Å². The maximum Gasteiger partial charge on any atom is 0.161 e. The second-order valence-corrected chi connectivity index (χ2v) is 5.33. The summed E-state index contributed by atoms with van der Waals surface area (Å²) in [4.78, 5) is 4.67. The van der Waals surface area contributed by atoms with E-state index in [4.69, 9.17) is 4.74 Å². The predicted molar refractivity (Wildman–Crippen MR) is 76.3 cm³/mol. The number of hydrogen-bond donors (Lipinski definition) is 1. The van der Waals surface area contributed by atoms with Crippen molar-refractivity contribution in [1.29, 1.82) is 0 Å². The molecule has 0 saturated heterocycles. The number of amidine groups is 1. The van der Waals surface area contributed by atoms with Crippen molar-refractivity contribution >= 4 is 22.6 Å². The molecule has 1 N–H and O–H groups in total. The van der Waals surface area contributed by atoms with Gasteiger partial charge in [0.1, 0.15) is 0 Å². The minimum atomic E-state index is 0.470. The minimum absolute atomic E-state index is 0.470. The second kappa shape index (κ2) is 6.80. The number of hydrogen-bond acceptors (Lipinski definition) is 5. The van der Waals surface area contributed by atoms with Gasteiger partial charge in [-0.1, -0.05) is 18.7 Å². The molecule has 0 radical (unpaired) electrons. The number of ether oxygens (including phenoxy) is 1. The van der Waals surface area contributed by atoms with E-state index in [0.717, 1.165) is 29.6 Å². The van der Waals surface area contributed by atoms with Crippen LogP contribution >= 0.6 is 11.8 Å². The summed E-state index contributed by atoms with van der Waals surface area (Å²) in [6, 6.07) is 0.470. The van der Waals surface area contributed by atoms with Gasteiger partial charge in [0, 0.05) is 19.1 Å². The van der Waals surface area contributed by atoms with E-state index in [1.807, 2.05) is 17.1 Å². The highest BCUT2D eigenvalue weighted by Crippen LogP contribution is 2.20. The number of nitrogens with zero attached hydrogens (tertiary/aromatic N) is 3. The van der Waals surface area contributed by atoms with E-state index >= 15 is 0 Å². The average molecular weight is 268 g/mol. The van der Waals surface area contributed by atoms with Crippen LogP contribution in [-0.4, -0.2) is 40.5 Å². The van der Waals surface area contributed by atoms with Crippen LogP contribution in [0.4, 0.5) is 5.69 Å². The predicted octanol–water partition coefficient (Wildman–Crippen LogP) is 2.21. The molecule has 0 bridgehead atoms. The quantitative estimate of drug-likeness (QED) is 0.889. The lowest BCUT2D eigenvalue weighted by Crippen LogP contribution is -2.19. The highest BCUT2D eigenvalue weighted by molar-refractivity contribution is 8.14. The van der Waals surface area contributed by atoms with Gasteiger partial charge in [-0.25, -0.2) is 0 Å². The van der Waals surface area contributed by atoms with Crippen molar-refractivity contribution in [2.75, 3.05) is 24.8 Å². The van der Waals surface area contributed by atoms with Gasteiger partial charge in [0.2, 0.25) is 0 Å². The molecule has 0 aromatic carbocycles. The van der Waals surface area contributed by atoms with Crippen molar-refractivity contribution in [1.82, 2.24) is 9.78 Å². The van der Waals surface area contributed by atoms with Crippen molar-refractivity contribution < 1.29 is 4.74 Å². The van der Waals surface area contributed by atoms with Gasteiger partial charge in [0.05, 0.1) is 31.1 Å². The van der Waals surface area contributed by atoms with Crippen LogP contribution in [0.3, 0.4) is 0 Å². The minimum Gasteiger partial charge on any atom is -0.383 e. The Morgan fingerprint density at radius 2 is 2.50 bits per heavy atom. The highest BCUT2D eigenvalue weighted by Gasteiger charge is 2.14. The maximum atomic E-state index is 5.02. The number of rotatable bonds is 5. The third kappa shape index (κ3) is 3.74. The monoisotopic (exact) mass is 268 g/mol. The Hall–Kier alpha value is -1.01. The van der Waals surface area contributed by atoms with Crippen molar-refractivity contribution in [3.8, 4) is 0 Å². The van der Waals surface area contributed by atoms with E-state index in [9.17, 15) is 0 Å². The molecule has 0 fully saturated rings. The fourth-order valence-electron chi connectivity index (χ4n) is 1.78. The van der Waals surface area contributed by atoms with E-state index in [1.54, 1.807) is 18.9 Å². The van der Waals surface area contributed by atoms with Crippen LogP contribution in [-0.2, 0) is 11.3 Å². The molecular formula is C12H20N4OS. The standard InChI is InChI=1S/C12H20N4OS/c1-3-10-4-7-18-12(14-10)15-11-8-13-16(9-11)5-6-17-2/h8-10H,3-7H2,1-2H3,(H,14,15). The first-order chi connectivity index (χ1) is 8.81. The summed E-state index contributed by atoms with van der Waals surface area (Å²) in [5.74, 6) is 1.14. The lowest BCUT2D eigenvalue weighted by Gasteiger charge is -2.18. The normalized spacial score (nSPS) is 19.7. The summed E-state index contributed by atoms with van der Waals surface area (Å²) in [5.41, 5.74) is 0.995. The number of nitrogens with one attached hydrogen (secondary N) is 1. The fourth-order valence-corrected chi connectivity index (χ4v) is 2.78. The number of aromatic nitrogens is 2. The average Bonchev–Trinajstić information content (AvgIpc) is 2.84. The van der Waals surface area contributed by atoms with Crippen LogP contribution in [0.1, 0.15) is 19.8 Å². The molecule has 1 unspecified atom stereocenters. The van der Waals surface area contributed by atoms with Crippen molar-refractivity contribution in [3.05, 3.63) is 12.4 Å². The van der Waals surface area contributed by atoms with Crippen molar-refractivity contribution in [2.24, 2.45) is 4.99 Å². The highest BCUT2D eigenvalue weighted by atomic mass is 32.2. The van der Waals surface area contributed by atoms with Crippen LogP contribution in [0.2, 0.25) is 0 Å². The van der Waals surface area contributed by atoms with Gasteiger partial charge in [-0.2, -0.15) is 5.10 Å². The van der Waals surface area contributed by atoms with E-state index < -0.39 is 0 Å². The summed E-state index contributed by atoms with van der Waals surface area (Å²) >= 11 is 1.78. The molecule has 5 nitrogen and oxygen atoms in total. The van der Waals surface area contributed by atoms with Gasteiger partial charge in [-0.3, -0.25) is 9.67 Å². The molecule has 0 spiro atoms. The molecule has 0 saturated carbocycles. The summed E-state index contributed by atoms with van der Waals surface area (Å²) in [5, 5.41) is 8.61. The number of aliphatic imine (C=N–C) groups is 1. The van der Waals surface area contributed by atoms with E-state index in [-0.39, 0.29) is 0 Å². The SMILES string of the molecule is CCC1CCSC(Nc2cnn(CCOC)c2)=N1. The Labute approximate surface area is 112 Å². The van der Waals surface area contributed by atoms with Crippen LogP contribution in [0.5, 0.6) is 0 Å². The second-order valence-electron chi connectivity index (χ2n) is 4.24. The van der Waals surface area contributed by atoms with Gasteiger partial charge in [-0.05, 0) is 12.8 Å².